The van der Waals surface area contributed by atoms with Crippen LogP contribution in [0.3, 0.4) is 0 Å². The van der Waals surface area contributed by atoms with Crippen molar-refractivity contribution in [2.45, 2.75) is 57.8 Å². The Kier molecular flexibility index (Phi) is 5.28. The molecule has 1 aliphatic rings. The fourth-order valence-corrected chi connectivity index (χ4v) is 2.15. The molecule has 1 rings (SSSR count). The maximum absolute atomic E-state index is 11.8. The number of nitrogens with two attached hydrogens (primary N) is 1. The van der Waals surface area contributed by atoms with Crippen molar-refractivity contribution >= 4 is 12.8 Å². The van der Waals surface area contributed by atoms with Crippen molar-refractivity contribution in [1.29, 1.82) is 0 Å². The molecule has 16 heavy (non-hydrogen) atoms. The first-order chi connectivity index (χ1) is 7.52. The normalized spacial score (nSPS) is 21.2. The topological polar surface area (TPSA) is 75.3 Å². The summed E-state index contributed by atoms with van der Waals surface area (Å²) in [6.45, 7) is 2.91. The van der Waals surface area contributed by atoms with E-state index in [4.69, 9.17) is 5.73 Å². The van der Waals surface area contributed by atoms with Crippen molar-refractivity contribution < 1.29 is 9.82 Å². The minimum Gasteiger partial charge on any atom is -0.449 e. The predicted octanol–water partition coefficient (Wildman–Crippen LogP) is 0.551. The van der Waals surface area contributed by atoms with E-state index in [1.165, 1.54) is 19.3 Å². The Morgan fingerprint density at radius 1 is 1.44 bits per heavy atom. The molecule has 4 nitrogen and oxygen atoms in total. The highest BCUT2D eigenvalue weighted by atomic mass is 16.2. The van der Waals surface area contributed by atoms with Gasteiger partial charge in [-0.1, -0.05) is 26.1 Å². The number of carbonyl (C=O) groups excluding carboxylic acids is 1. The number of nitrogens with one attached hydrogen (secondary N) is 1. The Balaban J connectivity index is 2.40. The molecule has 1 saturated carbocycles. The average molecular weight is 226 g/mol. The first-order valence-corrected chi connectivity index (χ1v) is 6.26. The third-order valence-corrected chi connectivity index (χ3v) is 3.55. The number of amides is 1. The Morgan fingerprint density at radius 2 is 2.00 bits per heavy atom. The van der Waals surface area contributed by atoms with Crippen LogP contribution < -0.4 is 11.1 Å². The van der Waals surface area contributed by atoms with E-state index in [1.807, 2.05) is 0 Å². The van der Waals surface area contributed by atoms with Gasteiger partial charge in [-0.3, -0.25) is 4.79 Å². The smallest absolute Gasteiger partial charge is 0.308 e. The quantitative estimate of drug-likeness (QED) is 0.613. The molecule has 4 N–H and O–H groups in total. The number of hydrogen-bond acceptors (Lipinski definition) is 3. The van der Waals surface area contributed by atoms with E-state index < -0.39 is 13.0 Å². The van der Waals surface area contributed by atoms with Crippen LogP contribution in [0, 0.1) is 5.92 Å². The minimum absolute atomic E-state index is 0.125. The van der Waals surface area contributed by atoms with Crippen LogP contribution in [0.15, 0.2) is 0 Å². The van der Waals surface area contributed by atoms with E-state index in [0.29, 0.717) is 5.92 Å². The highest BCUT2D eigenvalue weighted by Crippen LogP contribution is 2.25. The molecule has 5 heteroatoms. The highest BCUT2D eigenvalue weighted by molar-refractivity contribution is 6.50. The molecule has 0 bridgehead atoms. The average Bonchev–Trinajstić information content (AvgIpc) is 2.28. The van der Waals surface area contributed by atoms with Crippen LogP contribution in [0.25, 0.3) is 0 Å². The molecular weight excluding hydrogens is 203 g/mol. The Labute approximate surface area is 98.1 Å². The van der Waals surface area contributed by atoms with Gasteiger partial charge in [0.2, 0.25) is 5.91 Å². The lowest BCUT2D eigenvalue weighted by atomic mass is 9.64. The first kappa shape index (κ1) is 13.5. The minimum atomic E-state index is -0.539. The summed E-state index contributed by atoms with van der Waals surface area (Å²) in [4.78, 5) is 11.8. The van der Waals surface area contributed by atoms with Crippen LogP contribution in [-0.2, 0) is 4.79 Å². The van der Waals surface area contributed by atoms with Crippen molar-refractivity contribution in [2.24, 2.45) is 11.7 Å². The summed E-state index contributed by atoms with van der Waals surface area (Å²) in [5.74, 6) is -0.0441. The standard InChI is InChI=1S/C11H23BN2O2/c1-8(12(2)16)14-11(15)10(13)9-6-4-3-5-7-9/h8-10,16H,3-7,13H2,1-2H3,(H,14,15)/t8-,10-/m0/s1. The lowest BCUT2D eigenvalue weighted by Gasteiger charge is -2.27. The zero-order valence-corrected chi connectivity index (χ0v) is 10.3. The van der Waals surface area contributed by atoms with Gasteiger partial charge in [-0.05, 0) is 25.7 Å². The van der Waals surface area contributed by atoms with E-state index in [-0.39, 0.29) is 11.8 Å². The molecule has 2 atom stereocenters. The fourth-order valence-electron chi connectivity index (χ4n) is 2.15. The summed E-state index contributed by atoms with van der Waals surface area (Å²) in [6, 6.07) is -0.415. The summed E-state index contributed by atoms with van der Waals surface area (Å²) in [5, 5.41) is 12.1. The number of carbonyl (C=O) groups is 1. The van der Waals surface area contributed by atoms with E-state index in [9.17, 15) is 9.82 Å². The van der Waals surface area contributed by atoms with Gasteiger partial charge in [0.05, 0.1) is 6.04 Å². The van der Waals surface area contributed by atoms with E-state index >= 15 is 0 Å². The molecule has 0 aromatic heterocycles. The molecule has 0 aromatic rings. The fraction of sp³-hybridized carbons (Fsp3) is 0.909. The Bertz CT molecular complexity index is 230. The molecule has 1 aliphatic carbocycles. The highest BCUT2D eigenvalue weighted by Gasteiger charge is 2.27. The van der Waals surface area contributed by atoms with E-state index in [1.54, 1.807) is 13.7 Å². The summed E-state index contributed by atoms with van der Waals surface area (Å²) in [5.41, 5.74) is 5.95. The molecular formula is C11H23BN2O2. The van der Waals surface area contributed by atoms with Crippen LogP contribution in [0.5, 0.6) is 0 Å². The van der Waals surface area contributed by atoms with Gasteiger partial charge in [-0.15, -0.1) is 0 Å². The van der Waals surface area contributed by atoms with Crippen molar-refractivity contribution in [2.75, 3.05) is 0 Å². The Hall–Kier alpha value is -0.545. The molecule has 92 valence electrons. The molecule has 0 aliphatic heterocycles. The van der Waals surface area contributed by atoms with Crippen LogP contribution >= 0.6 is 0 Å². The van der Waals surface area contributed by atoms with Gasteiger partial charge in [0.1, 0.15) is 0 Å². The second kappa shape index (κ2) is 6.25. The van der Waals surface area contributed by atoms with Crippen molar-refractivity contribution in [3.05, 3.63) is 0 Å². The van der Waals surface area contributed by atoms with Crippen LogP contribution in [0.2, 0.25) is 6.82 Å². The van der Waals surface area contributed by atoms with Gasteiger partial charge in [0.15, 0.2) is 0 Å². The molecule has 0 saturated heterocycles. The molecule has 1 fully saturated rings. The predicted molar refractivity (Wildman–Crippen MR) is 66.0 cm³/mol. The summed E-state index contributed by atoms with van der Waals surface area (Å²) in [7, 11) is 0. The molecule has 0 aromatic carbocycles. The second-order valence-electron chi connectivity index (χ2n) is 4.96. The van der Waals surface area contributed by atoms with Crippen LogP contribution in [0.4, 0.5) is 0 Å². The van der Waals surface area contributed by atoms with Gasteiger partial charge in [0.25, 0.3) is 0 Å². The van der Waals surface area contributed by atoms with E-state index in [0.717, 1.165) is 12.8 Å². The third-order valence-electron chi connectivity index (χ3n) is 3.55. The zero-order chi connectivity index (χ0) is 12.1. The monoisotopic (exact) mass is 226 g/mol. The number of hydrogen-bond donors (Lipinski definition) is 3. The molecule has 1 amide bonds. The molecule has 0 spiro atoms. The molecule has 0 heterocycles. The zero-order valence-electron chi connectivity index (χ0n) is 10.3. The van der Waals surface area contributed by atoms with Crippen molar-refractivity contribution in [1.82, 2.24) is 5.32 Å². The first-order valence-electron chi connectivity index (χ1n) is 6.26. The molecule has 0 radical (unpaired) electrons. The van der Waals surface area contributed by atoms with Gasteiger partial charge >= 0.3 is 6.92 Å². The van der Waals surface area contributed by atoms with Gasteiger partial charge in [-0.2, -0.15) is 0 Å². The van der Waals surface area contributed by atoms with Crippen LogP contribution in [0.1, 0.15) is 39.0 Å². The van der Waals surface area contributed by atoms with Gasteiger partial charge in [0, 0.05) is 5.94 Å². The SMILES string of the molecule is CB(O)[C@H](C)NC(=O)[C@@H](N)C1CCCCC1. The number of rotatable bonds is 4. The Morgan fingerprint density at radius 3 is 2.50 bits per heavy atom. The summed E-state index contributed by atoms with van der Waals surface area (Å²) < 4.78 is 0. The third kappa shape index (κ3) is 3.79. The van der Waals surface area contributed by atoms with Crippen molar-refractivity contribution in [3.63, 3.8) is 0 Å². The maximum atomic E-state index is 11.8. The maximum Gasteiger partial charge on any atom is 0.308 e. The van der Waals surface area contributed by atoms with Crippen molar-refractivity contribution in [3.8, 4) is 0 Å². The second-order valence-corrected chi connectivity index (χ2v) is 4.96. The largest absolute Gasteiger partial charge is 0.449 e. The molecule has 0 unspecified atom stereocenters. The lowest BCUT2D eigenvalue weighted by Crippen LogP contribution is -2.52. The van der Waals surface area contributed by atoms with Gasteiger partial charge in [-0.25, -0.2) is 0 Å². The van der Waals surface area contributed by atoms with Gasteiger partial charge < -0.3 is 16.1 Å². The van der Waals surface area contributed by atoms with E-state index in [2.05, 4.69) is 5.32 Å². The summed E-state index contributed by atoms with van der Waals surface area (Å²) in [6.07, 6.45) is 5.72. The lowest BCUT2D eigenvalue weighted by molar-refractivity contribution is -0.124. The van der Waals surface area contributed by atoms with Crippen LogP contribution in [-0.4, -0.2) is 29.8 Å². The summed E-state index contributed by atoms with van der Waals surface area (Å²) >= 11 is 0.